The molecule has 0 spiro atoms. The summed E-state index contributed by atoms with van der Waals surface area (Å²) in [5.74, 6) is -0.526. The Balaban J connectivity index is 1.73. The number of rotatable bonds is 3. The molecule has 1 amide bonds. The Morgan fingerprint density at radius 3 is 2.70 bits per heavy atom. The van der Waals surface area contributed by atoms with Crippen molar-refractivity contribution in [2.45, 2.75) is 12.8 Å². The van der Waals surface area contributed by atoms with Crippen molar-refractivity contribution in [2.24, 2.45) is 5.10 Å². The van der Waals surface area contributed by atoms with Gasteiger partial charge in [0.05, 0.1) is 11.8 Å². The van der Waals surface area contributed by atoms with Crippen molar-refractivity contribution in [3.63, 3.8) is 0 Å². The quantitative estimate of drug-likeness (QED) is 0.658. The first-order chi connectivity index (χ1) is 11.1. The lowest BCUT2D eigenvalue weighted by molar-refractivity contribution is 0.0952. The summed E-state index contributed by atoms with van der Waals surface area (Å²) in [7, 11) is 0. The molecule has 0 saturated heterocycles. The molecule has 0 aliphatic heterocycles. The fourth-order valence-electron chi connectivity index (χ4n) is 2.42. The molecule has 0 heterocycles. The molecule has 2 aromatic carbocycles. The average molecular weight is 327 g/mol. The number of benzene rings is 2. The third-order valence-corrected chi connectivity index (χ3v) is 3.89. The molecule has 5 heteroatoms. The standard InChI is InChI=1S/C18H15ClN2O2/c19-15-7-3-4-12(8-15)11-20-21-18(23)16-9-13-5-1-2-6-14(13)10-17(16)22/h1-2,4-7,9-11,22H,3,8H2,(H,21,23)/b20-11-. The zero-order valence-electron chi connectivity index (χ0n) is 12.3. The average Bonchev–Trinajstić information content (AvgIpc) is 2.54. The van der Waals surface area contributed by atoms with Gasteiger partial charge < -0.3 is 5.11 Å². The Hall–Kier alpha value is -2.59. The molecule has 0 fully saturated rings. The maximum absolute atomic E-state index is 12.2. The van der Waals surface area contributed by atoms with Gasteiger partial charge in [0.15, 0.2) is 0 Å². The highest BCUT2D eigenvalue weighted by Gasteiger charge is 2.12. The van der Waals surface area contributed by atoms with E-state index in [-0.39, 0.29) is 11.3 Å². The third kappa shape index (κ3) is 3.60. The Kier molecular flexibility index (Phi) is 4.44. The Morgan fingerprint density at radius 1 is 1.22 bits per heavy atom. The number of hydrogen-bond donors (Lipinski definition) is 2. The number of phenolic OH excluding ortho intramolecular Hbond substituents is 1. The molecular weight excluding hydrogens is 312 g/mol. The van der Waals surface area contributed by atoms with Gasteiger partial charge in [-0.2, -0.15) is 5.10 Å². The van der Waals surface area contributed by atoms with Gasteiger partial charge in [0, 0.05) is 11.5 Å². The number of phenols is 1. The van der Waals surface area contributed by atoms with Gasteiger partial charge in [0.2, 0.25) is 0 Å². The topological polar surface area (TPSA) is 61.7 Å². The number of amides is 1. The fraction of sp³-hybridized carbons (Fsp3) is 0.111. The maximum Gasteiger partial charge on any atom is 0.275 e. The highest BCUT2D eigenvalue weighted by molar-refractivity contribution is 6.30. The van der Waals surface area contributed by atoms with E-state index in [1.807, 2.05) is 36.4 Å². The molecule has 23 heavy (non-hydrogen) atoms. The molecule has 3 rings (SSSR count). The predicted octanol–water partition coefficient (Wildman–Crippen LogP) is 4.10. The van der Waals surface area contributed by atoms with Crippen LogP contribution in [0.4, 0.5) is 0 Å². The first kappa shape index (κ1) is 15.3. The van der Waals surface area contributed by atoms with E-state index in [4.69, 9.17) is 11.6 Å². The van der Waals surface area contributed by atoms with E-state index in [1.165, 1.54) is 0 Å². The van der Waals surface area contributed by atoms with Crippen molar-refractivity contribution >= 4 is 34.5 Å². The van der Waals surface area contributed by atoms with E-state index in [0.717, 1.165) is 27.8 Å². The number of fused-ring (bicyclic) bond motifs is 1. The molecule has 2 N–H and O–H groups in total. The van der Waals surface area contributed by atoms with Crippen LogP contribution >= 0.6 is 11.6 Å². The van der Waals surface area contributed by atoms with Gasteiger partial charge in [-0.25, -0.2) is 5.43 Å². The van der Waals surface area contributed by atoms with Crippen LogP contribution in [0.1, 0.15) is 23.2 Å². The number of nitrogens with one attached hydrogen (secondary N) is 1. The van der Waals surface area contributed by atoms with Crippen LogP contribution in [-0.2, 0) is 0 Å². The summed E-state index contributed by atoms with van der Waals surface area (Å²) in [5.41, 5.74) is 3.57. The van der Waals surface area contributed by atoms with E-state index in [0.29, 0.717) is 6.42 Å². The van der Waals surface area contributed by atoms with Gasteiger partial charge in [-0.3, -0.25) is 4.79 Å². The molecule has 4 nitrogen and oxygen atoms in total. The van der Waals surface area contributed by atoms with Gasteiger partial charge in [-0.15, -0.1) is 0 Å². The number of carbonyl (C=O) groups excluding carboxylic acids is 1. The number of aromatic hydroxyl groups is 1. The van der Waals surface area contributed by atoms with Crippen LogP contribution < -0.4 is 5.43 Å². The highest BCUT2D eigenvalue weighted by atomic mass is 35.5. The van der Waals surface area contributed by atoms with Crippen LogP contribution in [-0.4, -0.2) is 17.2 Å². The van der Waals surface area contributed by atoms with Crippen molar-refractivity contribution in [2.75, 3.05) is 0 Å². The lowest BCUT2D eigenvalue weighted by Crippen LogP contribution is -2.18. The minimum absolute atomic E-state index is 0.0701. The molecule has 0 aromatic heterocycles. The normalized spacial score (nSPS) is 14.7. The van der Waals surface area contributed by atoms with Crippen LogP contribution in [0.15, 0.2) is 64.3 Å². The molecule has 0 bridgehead atoms. The van der Waals surface area contributed by atoms with Crippen molar-refractivity contribution < 1.29 is 9.90 Å². The number of nitrogens with zero attached hydrogens (tertiary/aromatic N) is 1. The fourth-order valence-corrected chi connectivity index (χ4v) is 2.66. The molecule has 2 aromatic rings. The SMILES string of the molecule is O=C(N/N=C\C1=CCC=C(Cl)C1)c1cc2ccccc2cc1O. The number of hydrogen-bond acceptors (Lipinski definition) is 3. The van der Waals surface area contributed by atoms with Crippen molar-refractivity contribution in [3.05, 3.63) is 64.7 Å². The van der Waals surface area contributed by atoms with Gasteiger partial charge in [-0.1, -0.05) is 48.0 Å². The predicted molar refractivity (Wildman–Crippen MR) is 92.8 cm³/mol. The minimum atomic E-state index is -0.456. The summed E-state index contributed by atoms with van der Waals surface area (Å²) < 4.78 is 0. The molecule has 0 atom stereocenters. The molecule has 0 saturated carbocycles. The molecule has 1 aliphatic rings. The zero-order chi connectivity index (χ0) is 16.2. The number of allylic oxidation sites excluding steroid dienone is 4. The summed E-state index contributed by atoms with van der Waals surface area (Å²) in [6, 6.07) is 10.7. The Morgan fingerprint density at radius 2 is 1.96 bits per heavy atom. The monoisotopic (exact) mass is 326 g/mol. The first-order valence-corrected chi connectivity index (χ1v) is 7.60. The second-order valence-corrected chi connectivity index (χ2v) is 5.74. The summed E-state index contributed by atoms with van der Waals surface area (Å²) in [4.78, 5) is 12.2. The Bertz CT molecular complexity index is 853. The number of hydrazone groups is 1. The van der Waals surface area contributed by atoms with Gasteiger partial charge in [0.25, 0.3) is 5.91 Å². The summed E-state index contributed by atoms with van der Waals surface area (Å²) in [5, 5.41) is 16.5. The lowest BCUT2D eigenvalue weighted by atomic mass is 10.1. The highest BCUT2D eigenvalue weighted by Crippen LogP contribution is 2.25. The van der Waals surface area contributed by atoms with E-state index >= 15 is 0 Å². The molecule has 1 aliphatic carbocycles. The maximum atomic E-state index is 12.2. The molecule has 0 unspecified atom stereocenters. The van der Waals surface area contributed by atoms with E-state index < -0.39 is 5.91 Å². The van der Waals surface area contributed by atoms with Crippen molar-refractivity contribution in [1.82, 2.24) is 5.43 Å². The van der Waals surface area contributed by atoms with E-state index in [2.05, 4.69) is 10.5 Å². The van der Waals surface area contributed by atoms with Gasteiger partial charge >= 0.3 is 0 Å². The summed E-state index contributed by atoms with van der Waals surface area (Å²) in [6.45, 7) is 0. The molecular formula is C18H15ClN2O2. The smallest absolute Gasteiger partial charge is 0.275 e. The number of carbonyl (C=O) groups is 1. The third-order valence-electron chi connectivity index (χ3n) is 3.60. The second kappa shape index (κ2) is 6.67. The van der Waals surface area contributed by atoms with Crippen molar-refractivity contribution in [3.8, 4) is 5.75 Å². The minimum Gasteiger partial charge on any atom is -0.507 e. The van der Waals surface area contributed by atoms with Crippen LogP contribution in [0.3, 0.4) is 0 Å². The van der Waals surface area contributed by atoms with E-state index in [1.54, 1.807) is 18.3 Å². The first-order valence-electron chi connectivity index (χ1n) is 7.22. The Labute approximate surface area is 138 Å². The zero-order valence-corrected chi connectivity index (χ0v) is 13.0. The second-order valence-electron chi connectivity index (χ2n) is 5.26. The van der Waals surface area contributed by atoms with Crippen LogP contribution in [0.5, 0.6) is 5.75 Å². The van der Waals surface area contributed by atoms with Crippen LogP contribution in [0.25, 0.3) is 10.8 Å². The molecule has 0 radical (unpaired) electrons. The van der Waals surface area contributed by atoms with Gasteiger partial charge in [0.1, 0.15) is 5.75 Å². The van der Waals surface area contributed by atoms with Crippen LogP contribution in [0, 0.1) is 0 Å². The van der Waals surface area contributed by atoms with Crippen LogP contribution in [0.2, 0.25) is 0 Å². The lowest BCUT2D eigenvalue weighted by Gasteiger charge is -2.07. The molecule has 116 valence electrons. The summed E-state index contributed by atoms with van der Waals surface area (Å²) in [6.07, 6.45) is 6.88. The largest absolute Gasteiger partial charge is 0.507 e. The van der Waals surface area contributed by atoms with Gasteiger partial charge in [-0.05, 0) is 34.9 Å². The van der Waals surface area contributed by atoms with Crippen molar-refractivity contribution in [1.29, 1.82) is 0 Å². The summed E-state index contributed by atoms with van der Waals surface area (Å²) >= 11 is 5.96. The van der Waals surface area contributed by atoms with E-state index in [9.17, 15) is 9.90 Å². The number of halogens is 1.